The topological polar surface area (TPSA) is 9.23 Å². The van der Waals surface area contributed by atoms with Gasteiger partial charge in [0.25, 0.3) is 0 Å². The molecule has 3 rings (SSSR count). The van der Waals surface area contributed by atoms with Gasteiger partial charge < -0.3 is 4.74 Å². The molecule has 80 valence electrons. The van der Waals surface area contributed by atoms with E-state index < -0.39 is 0 Å². The molecule has 1 saturated heterocycles. The van der Waals surface area contributed by atoms with Crippen LogP contribution in [0.4, 0.5) is 0 Å². The third-order valence-electron chi connectivity index (χ3n) is 4.92. The molecule has 1 aliphatic heterocycles. The summed E-state index contributed by atoms with van der Waals surface area (Å²) in [7, 11) is 0. The molecule has 1 heterocycles. The fourth-order valence-electron chi connectivity index (χ4n) is 4.20. The van der Waals surface area contributed by atoms with Crippen molar-refractivity contribution in [3.8, 4) is 0 Å². The molecule has 0 atom stereocenters. The van der Waals surface area contributed by atoms with Crippen LogP contribution in [0, 0.1) is 5.41 Å². The van der Waals surface area contributed by atoms with E-state index in [-0.39, 0.29) is 0 Å². The molecule has 2 saturated carbocycles. The normalized spacial score (nSPS) is 34.3. The predicted octanol–water partition coefficient (Wildman–Crippen LogP) is 3.67. The minimum atomic E-state index is 0.350. The average molecular weight is 194 g/mol. The van der Waals surface area contributed by atoms with Gasteiger partial charge in [-0.3, -0.25) is 0 Å². The molecule has 0 amide bonds. The summed E-state index contributed by atoms with van der Waals surface area (Å²) in [5, 5.41) is 0. The molecule has 1 nitrogen and oxygen atoms in total. The van der Waals surface area contributed by atoms with Crippen molar-refractivity contribution in [1.29, 1.82) is 0 Å². The average Bonchev–Trinajstić information content (AvgIpc) is 2.77. The molecule has 3 fully saturated rings. The van der Waals surface area contributed by atoms with Crippen molar-refractivity contribution < 1.29 is 4.74 Å². The van der Waals surface area contributed by atoms with Gasteiger partial charge in [0.05, 0.1) is 5.60 Å². The van der Waals surface area contributed by atoms with Gasteiger partial charge in [-0.25, -0.2) is 0 Å². The molecule has 2 spiro atoms. The van der Waals surface area contributed by atoms with Gasteiger partial charge in [-0.05, 0) is 43.9 Å². The summed E-state index contributed by atoms with van der Waals surface area (Å²) in [6.07, 6.45) is 14.3. The third-order valence-corrected chi connectivity index (χ3v) is 4.92. The second-order valence-electron chi connectivity index (χ2n) is 5.87. The molecule has 2 aliphatic carbocycles. The molecule has 0 aromatic carbocycles. The third kappa shape index (κ3) is 1.41. The van der Waals surface area contributed by atoms with Crippen LogP contribution in [0.5, 0.6) is 0 Å². The van der Waals surface area contributed by atoms with Crippen LogP contribution >= 0.6 is 0 Å². The van der Waals surface area contributed by atoms with Gasteiger partial charge in [-0.2, -0.15) is 0 Å². The molecule has 0 unspecified atom stereocenters. The quantitative estimate of drug-likeness (QED) is 0.571. The Morgan fingerprint density at radius 2 is 1.36 bits per heavy atom. The first-order valence-electron chi connectivity index (χ1n) is 6.47. The number of ether oxygens (including phenoxy) is 1. The highest BCUT2D eigenvalue weighted by atomic mass is 16.5. The Labute approximate surface area is 87.2 Å². The van der Waals surface area contributed by atoms with Gasteiger partial charge in [0.15, 0.2) is 0 Å². The number of hydrogen-bond acceptors (Lipinski definition) is 1. The second kappa shape index (κ2) is 3.23. The zero-order chi connectivity index (χ0) is 9.49. The van der Waals surface area contributed by atoms with Crippen LogP contribution in [-0.4, -0.2) is 12.2 Å². The maximum absolute atomic E-state index is 6.11. The molecule has 1 heteroatoms. The first kappa shape index (κ1) is 9.21. The molecule has 0 radical (unpaired) electrons. The summed E-state index contributed by atoms with van der Waals surface area (Å²) >= 11 is 0. The van der Waals surface area contributed by atoms with E-state index in [9.17, 15) is 0 Å². The summed E-state index contributed by atoms with van der Waals surface area (Å²) in [5.74, 6) is 0. The van der Waals surface area contributed by atoms with E-state index in [0.29, 0.717) is 5.60 Å². The first-order valence-corrected chi connectivity index (χ1v) is 6.47. The van der Waals surface area contributed by atoms with Crippen LogP contribution in [0.2, 0.25) is 0 Å². The Kier molecular flexibility index (Phi) is 2.12. The van der Waals surface area contributed by atoms with Crippen LogP contribution in [0.15, 0.2) is 0 Å². The van der Waals surface area contributed by atoms with E-state index in [1.165, 1.54) is 64.2 Å². The number of hydrogen-bond donors (Lipinski definition) is 0. The monoisotopic (exact) mass is 194 g/mol. The highest BCUT2D eigenvalue weighted by Crippen LogP contribution is 2.54. The van der Waals surface area contributed by atoms with Gasteiger partial charge in [-0.1, -0.05) is 25.7 Å². The zero-order valence-corrected chi connectivity index (χ0v) is 9.19. The predicted molar refractivity (Wildman–Crippen MR) is 57.3 cm³/mol. The van der Waals surface area contributed by atoms with Gasteiger partial charge >= 0.3 is 0 Å². The highest BCUT2D eigenvalue weighted by Gasteiger charge is 2.47. The van der Waals surface area contributed by atoms with Crippen LogP contribution < -0.4 is 0 Å². The van der Waals surface area contributed by atoms with Crippen molar-refractivity contribution in [2.75, 3.05) is 6.61 Å². The van der Waals surface area contributed by atoms with E-state index in [1.54, 1.807) is 0 Å². The van der Waals surface area contributed by atoms with Gasteiger partial charge in [-0.15, -0.1) is 0 Å². The molecule has 3 aliphatic rings. The molecule has 0 aromatic rings. The Balaban J connectivity index is 1.77. The lowest BCUT2D eigenvalue weighted by atomic mass is 9.71. The Hall–Kier alpha value is -0.0400. The fraction of sp³-hybridized carbons (Fsp3) is 1.00. The number of rotatable bonds is 0. The fourth-order valence-corrected chi connectivity index (χ4v) is 4.20. The summed E-state index contributed by atoms with van der Waals surface area (Å²) in [6.45, 7) is 1.06. The van der Waals surface area contributed by atoms with Crippen LogP contribution in [0.3, 0.4) is 0 Å². The summed E-state index contributed by atoms with van der Waals surface area (Å²) in [5.41, 5.74) is 1.07. The minimum Gasteiger partial charge on any atom is -0.375 e. The summed E-state index contributed by atoms with van der Waals surface area (Å²) in [4.78, 5) is 0. The lowest BCUT2D eigenvalue weighted by molar-refractivity contribution is -0.121. The van der Waals surface area contributed by atoms with Crippen molar-refractivity contribution in [3.05, 3.63) is 0 Å². The maximum atomic E-state index is 6.11. The van der Waals surface area contributed by atoms with Crippen molar-refractivity contribution in [1.82, 2.24) is 0 Å². The van der Waals surface area contributed by atoms with E-state index in [0.717, 1.165) is 12.0 Å². The van der Waals surface area contributed by atoms with Gasteiger partial charge in [0, 0.05) is 6.61 Å². The first-order chi connectivity index (χ1) is 6.83. The molecule has 14 heavy (non-hydrogen) atoms. The second-order valence-corrected chi connectivity index (χ2v) is 5.87. The van der Waals surface area contributed by atoms with Crippen molar-refractivity contribution in [2.24, 2.45) is 5.41 Å². The highest BCUT2D eigenvalue weighted by molar-refractivity contribution is 4.99. The van der Waals surface area contributed by atoms with Crippen LogP contribution in [0.1, 0.15) is 64.2 Å². The largest absolute Gasteiger partial charge is 0.375 e. The molecular formula is C13H22O. The van der Waals surface area contributed by atoms with E-state index >= 15 is 0 Å². The lowest BCUT2D eigenvalue weighted by Gasteiger charge is -2.44. The molecule has 0 aromatic heterocycles. The standard InChI is InChI=1S/C13H22O/c1-2-6-12(5-1)9-10-14-13(11-12)7-3-4-8-13/h1-11H2. The molecular weight excluding hydrogens is 172 g/mol. The lowest BCUT2D eigenvalue weighted by Crippen LogP contribution is -2.42. The Morgan fingerprint density at radius 3 is 2.07 bits per heavy atom. The van der Waals surface area contributed by atoms with Crippen molar-refractivity contribution >= 4 is 0 Å². The van der Waals surface area contributed by atoms with Crippen molar-refractivity contribution in [2.45, 2.75) is 69.8 Å². The Morgan fingerprint density at radius 1 is 0.714 bits per heavy atom. The zero-order valence-electron chi connectivity index (χ0n) is 9.19. The Bertz CT molecular complexity index is 187. The maximum Gasteiger partial charge on any atom is 0.0687 e. The molecule has 0 bridgehead atoms. The van der Waals surface area contributed by atoms with Gasteiger partial charge in [0.1, 0.15) is 0 Å². The van der Waals surface area contributed by atoms with E-state index in [2.05, 4.69) is 0 Å². The van der Waals surface area contributed by atoms with Gasteiger partial charge in [0.2, 0.25) is 0 Å². The smallest absolute Gasteiger partial charge is 0.0687 e. The molecule has 0 N–H and O–H groups in total. The van der Waals surface area contributed by atoms with Crippen LogP contribution in [-0.2, 0) is 4.74 Å². The van der Waals surface area contributed by atoms with Crippen LogP contribution in [0.25, 0.3) is 0 Å². The summed E-state index contributed by atoms with van der Waals surface area (Å²) < 4.78 is 6.11. The van der Waals surface area contributed by atoms with Crippen molar-refractivity contribution in [3.63, 3.8) is 0 Å². The van der Waals surface area contributed by atoms with E-state index in [4.69, 9.17) is 4.74 Å². The minimum absolute atomic E-state index is 0.350. The SMILES string of the molecule is C1CCC2(C1)CCOC1(CCCC1)C2. The van der Waals surface area contributed by atoms with E-state index in [1.807, 2.05) is 0 Å². The summed E-state index contributed by atoms with van der Waals surface area (Å²) in [6, 6.07) is 0.